The maximum absolute atomic E-state index is 13.6. The number of carbonyl (C=O) groups is 2. The Morgan fingerprint density at radius 3 is 1.60 bits per heavy atom. The highest BCUT2D eigenvalue weighted by atomic mass is 19.4. The van der Waals surface area contributed by atoms with Crippen molar-refractivity contribution in [3.63, 3.8) is 0 Å². The van der Waals surface area contributed by atoms with Crippen molar-refractivity contribution in [3.8, 4) is 44.5 Å². The van der Waals surface area contributed by atoms with Crippen molar-refractivity contribution in [2.45, 2.75) is 6.18 Å². The number of H-pyrrole nitrogens is 2. The van der Waals surface area contributed by atoms with Gasteiger partial charge in [-0.1, -0.05) is 25.3 Å². The van der Waals surface area contributed by atoms with E-state index in [4.69, 9.17) is 0 Å². The van der Waals surface area contributed by atoms with Gasteiger partial charge in [0.25, 0.3) is 0 Å². The fourth-order valence-corrected chi connectivity index (χ4v) is 6.50. The van der Waals surface area contributed by atoms with Crippen LogP contribution in [0.5, 0.6) is 0 Å². The van der Waals surface area contributed by atoms with E-state index in [-0.39, 0.29) is 17.2 Å². The predicted molar refractivity (Wildman–Crippen MR) is 222 cm³/mol. The van der Waals surface area contributed by atoms with Crippen molar-refractivity contribution in [2.24, 2.45) is 0 Å². The van der Waals surface area contributed by atoms with Gasteiger partial charge in [-0.05, 0) is 89.0 Å². The lowest BCUT2D eigenvalue weighted by molar-refractivity contribution is -0.137. The number of carbonyl (C=O) groups excluding carboxylic acids is 2. The summed E-state index contributed by atoms with van der Waals surface area (Å²) in [5.41, 5.74) is 6.30. The minimum absolute atomic E-state index is 0.0605. The first-order chi connectivity index (χ1) is 28.7. The Bertz CT molecular complexity index is 2940. The highest BCUT2D eigenvalue weighted by Crippen LogP contribution is 2.38. The van der Waals surface area contributed by atoms with Crippen LogP contribution >= 0.6 is 0 Å². The molecule has 0 radical (unpaired) electrons. The van der Waals surface area contributed by atoms with Gasteiger partial charge in [0, 0.05) is 108 Å². The molecule has 2 N–H and O–H groups in total. The van der Waals surface area contributed by atoms with Crippen LogP contribution in [-0.2, 0) is 15.8 Å². The number of amides is 2. The molecule has 6 heterocycles. The largest absolute Gasteiger partial charge is 0.416 e. The summed E-state index contributed by atoms with van der Waals surface area (Å²) in [5, 5.41) is 1.48. The van der Waals surface area contributed by atoms with Gasteiger partial charge >= 0.3 is 6.18 Å². The molecule has 6 aromatic heterocycles. The Morgan fingerprint density at radius 2 is 1.10 bits per heavy atom. The van der Waals surface area contributed by atoms with Crippen molar-refractivity contribution in [3.05, 3.63) is 159 Å². The van der Waals surface area contributed by atoms with Gasteiger partial charge in [0.2, 0.25) is 23.7 Å². The number of aromatic nitrogens is 6. The van der Waals surface area contributed by atoms with Gasteiger partial charge in [-0.2, -0.15) is 22.0 Å². The van der Waals surface area contributed by atoms with Crippen molar-refractivity contribution in [2.75, 3.05) is 23.9 Å². The molecule has 0 aliphatic carbocycles. The second-order valence-electron chi connectivity index (χ2n) is 13.4. The van der Waals surface area contributed by atoms with Gasteiger partial charge in [-0.25, -0.2) is 19.9 Å². The minimum atomic E-state index is -4.62. The van der Waals surface area contributed by atoms with Gasteiger partial charge in [-0.15, -0.1) is 0 Å². The second kappa shape index (κ2) is 16.6. The lowest BCUT2D eigenvalue weighted by Crippen LogP contribution is -2.24. The SMILES string of the molecule is C=CC(=O)N(C)c1cc(-c2cnc3[nH]cc(-c4ccnc(F)c4)c3c2)cc(C(F)(F)F)c1.C=CC(=O)N(C)c1cccc(-c2cnc3[nH]cc(-c4ccnc(F)c4)c3c2)c1. The van der Waals surface area contributed by atoms with E-state index in [0.717, 1.165) is 56.4 Å². The van der Waals surface area contributed by atoms with Crippen LogP contribution in [0.15, 0.2) is 141 Å². The molecular weight excluding hydrogens is 780 g/mol. The van der Waals surface area contributed by atoms with Gasteiger partial charge in [0.05, 0.1) is 5.56 Å². The molecule has 0 spiro atoms. The van der Waals surface area contributed by atoms with E-state index < -0.39 is 29.5 Å². The number of rotatable bonds is 8. The zero-order valence-electron chi connectivity index (χ0n) is 31.9. The van der Waals surface area contributed by atoms with Crippen LogP contribution in [0.3, 0.4) is 0 Å². The van der Waals surface area contributed by atoms with Crippen LogP contribution in [0.1, 0.15) is 5.56 Å². The molecule has 2 aromatic carbocycles. The van der Waals surface area contributed by atoms with Gasteiger partial charge in [0.1, 0.15) is 11.3 Å². The number of alkyl halides is 3. The summed E-state index contributed by atoms with van der Waals surface area (Å²) in [7, 11) is 3.07. The van der Waals surface area contributed by atoms with E-state index in [1.54, 1.807) is 37.6 Å². The normalized spacial score (nSPS) is 11.2. The zero-order chi connectivity index (χ0) is 42.7. The molecule has 0 aliphatic heterocycles. The molecule has 10 nitrogen and oxygen atoms in total. The van der Waals surface area contributed by atoms with Crippen molar-refractivity contribution >= 4 is 45.3 Å². The Kier molecular flexibility index (Phi) is 11.2. The van der Waals surface area contributed by atoms with Crippen molar-refractivity contribution in [1.82, 2.24) is 29.9 Å². The quantitative estimate of drug-likeness (QED) is 0.0895. The lowest BCUT2D eigenvalue weighted by atomic mass is 10.00. The first-order valence-corrected chi connectivity index (χ1v) is 18.1. The summed E-state index contributed by atoms with van der Waals surface area (Å²) >= 11 is 0. The molecule has 15 heteroatoms. The Morgan fingerprint density at radius 1 is 0.600 bits per heavy atom. The molecule has 300 valence electrons. The van der Waals surface area contributed by atoms with Crippen LogP contribution in [0.2, 0.25) is 0 Å². The number of benzene rings is 2. The molecule has 0 unspecified atom stereocenters. The number of nitrogens with one attached hydrogen (secondary N) is 2. The highest BCUT2D eigenvalue weighted by Gasteiger charge is 2.32. The third-order valence-corrected chi connectivity index (χ3v) is 9.68. The standard InChI is InChI=1S/C23H16F4N4O.C22H17FN4O/c1-3-21(32)31(2)17-7-14(6-16(10-17)23(25,26)27)15-8-18-19(12-30-22(18)29-11-15)13-4-5-28-20(24)9-13;1-3-21(28)27(2)17-6-4-5-14(9-17)16-10-18-19(13-26-22(18)25-12-16)15-7-8-24-20(23)11-15/h3-12H,1H2,2H3,(H,29,30);3-13H,1H2,2H3,(H,25,26). The number of aromatic amines is 2. The topological polar surface area (TPSA) is 124 Å². The smallest absolute Gasteiger partial charge is 0.346 e. The van der Waals surface area contributed by atoms with Crippen LogP contribution in [-0.4, -0.2) is 55.8 Å². The summed E-state index contributed by atoms with van der Waals surface area (Å²) < 4.78 is 67.8. The van der Waals surface area contributed by atoms with Crippen molar-refractivity contribution < 1.29 is 31.5 Å². The average molecular weight is 813 g/mol. The number of anilines is 2. The molecule has 0 aliphatic rings. The second-order valence-corrected chi connectivity index (χ2v) is 13.4. The zero-order valence-corrected chi connectivity index (χ0v) is 31.9. The Hall–Kier alpha value is -7.81. The molecule has 8 rings (SSSR count). The summed E-state index contributed by atoms with van der Waals surface area (Å²) in [6, 6.07) is 20.7. The maximum Gasteiger partial charge on any atom is 0.416 e. The maximum atomic E-state index is 13.6. The van der Waals surface area contributed by atoms with E-state index in [0.29, 0.717) is 33.4 Å². The third kappa shape index (κ3) is 8.41. The molecule has 0 fully saturated rings. The van der Waals surface area contributed by atoms with Gasteiger partial charge in [-0.3, -0.25) is 9.59 Å². The van der Waals surface area contributed by atoms with E-state index in [2.05, 4.69) is 43.1 Å². The van der Waals surface area contributed by atoms with E-state index in [1.165, 1.54) is 54.8 Å². The summed E-state index contributed by atoms with van der Waals surface area (Å²) in [5.74, 6) is -1.91. The number of likely N-dealkylation sites (N-methyl/N-ethyl adjacent to an activating group) is 2. The molecule has 8 aromatic rings. The Labute approximate surface area is 339 Å². The fraction of sp³-hybridized carbons (Fsp3) is 0.0667. The fourth-order valence-electron chi connectivity index (χ4n) is 6.50. The third-order valence-electron chi connectivity index (χ3n) is 9.68. The predicted octanol–water partition coefficient (Wildman–Crippen LogP) is 10.2. The molecule has 0 saturated carbocycles. The molecule has 0 saturated heterocycles. The lowest BCUT2D eigenvalue weighted by Gasteiger charge is -2.19. The average Bonchev–Trinajstić information content (AvgIpc) is 3.89. The molecular formula is C45H33F5N8O2. The number of halogens is 5. The van der Waals surface area contributed by atoms with Crippen LogP contribution < -0.4 is 9.80 Å². The first-order valence-electron chi connectivity index (χ1n) is 18.1. The number of fused-ring (bicyclic) bond motifs is 2. The van der Waals surface area contributed by atoms with Gasteiger partial charge in [0.15, 0.2) is 0 Å². The van der Waals surface area contributed by atoms with Crippen LogP contribution in [0, 0.1) is 11.9 Å². The minimum Gasteiger partial charge on any atom is -0.346 e. The van der Waals surface area contributed by atoms with Crippen LogP contribution in [0.4, 0.5) is 33.3 Å². The van der Waals surface area contributed by atoms with E-state index in [9.17, 15) is 31.5 Å². The number of nitrogens with zero attached hydrogens (tertiary/aromatic N) is 6. The molecule has 0 bridgehead atoms. The number of pyridine rings is 4. The van der Waals surface area contributed by atoms with E-state index >= 15 is 0 Å². The van der Waals surface area contributed by atoms with Gasteiger partial charge < -0.3 is 19.8 Å². The molecule has 2 amide bonds. The van der Waals surface area contributed by atoms with Crippen LogP contribution in [0.25, 0.3) is 66.6 Å². The highest BCUT2D eigenvalue weighted by molar-refractivity contribution is 6.02. The molecule has 0 atom stereocenters. The summed E-state index contributed by atoms with van der Waals surface area (Å²) in [6.45, 7) is 6.90. The monoisotopic (exact) mass is 812 g/mol. The summed E-state index contributed by atoms with van der Waals surface area (Å²) in [4.78, 5) is 48.5. The number of hydrogen-bond acceptors (Lipinski definition) is 6. The first kappa shape index (κ1) is 40.4. The van der Waals surface area contributed by atoms with E-state index in [1.807, 2.05) is 36.5 Å². The molecule has 60 heavy (non-hydrogen) atoms. The van der Waals surface area contributed by atoms with Crippen molar-refractivity contribution in [1.29, 1.82) is 0 Å². The Balaban J connectivity index is 0.000000183. The number of hydrogen-bond donors (Lipinski definition) is 2. The summed E-state index contributed by atoms with van der Waals surface area (Å²) in [6.07, 6.45) is 7.10.